The molecule has 1 aromatic heterocycles. The number of nitriles is 2. The second-order valence-corrected chi connectivity index (χ2v) is 3.39. The van der Waals surface area contributed by atoms with Gasteiger partial charge in [0.15, 0.2) is 0 Å². The van der Waals surface area contributed by atoms with E-state index >= 15 is 0 Å². The van der Waals surface area contributed by atoms with Gasteiger partial charge in [-0.15, -0.1) is 0 Å². The molecule has 0 N–H and O–H groups in total. The van der Waals surface area contributed by atoms with Crippen LogP contribution in [0.3, 0.4) is 0 Å². The lowest BCUT2D eigenvalue weighted by atomic mass is 10.2. The van der Waals surface area contributed by atoms with Gasteiger partial charge in [0.1, 0.15) is 12.1 Å². The second-order valence-electron chi connectivity index (χ2n) is 2.98. The molecule has 0 aliphatic carbocycles. The Morgan fingerprint density at radius 3 is 2.75 bits per heavy atom. The SMILES string of the molecule is N#Cc1c(Cl)cccc1-n1ccnc1C#N. The first kappa shape index (κ1) is 10.2. The highest BCUT2D eigenvalue weighted by Gasteiger charge is 2.11. The summed E-state index contributed by atoms with van der Waals surface area (Å²) in [5.41, 5.74) is 0.891. The van der Waals surface area contributed by atoms with Gasteiger partial charge in [-0.1, -0.05) is 17.7 Å². The Labute approximate surface area is 96.9 Å². The second kappa shape index (κ2) is 4.06. The highest BCUT2D eigenvalue weighted by Crippen LogP contribution is 2.22. The van der Waals surface area contributed by atoms with E-state index in [2.05, 4.69) is 4.98 Å². The van der Waals surface area contributed by atoms with Crippen molar-refractivity contribution in [3.63, 3.8) is 0 Å². The topological polar surface area (TPSA) is 65.4 Å². The van der Waals surface area contributed by atoms with Gasteiger partial charge in [0, 0.05) is 12.4 Å². The number of benzene rings is 1. The van der Waals surface area contributed by atoms with Gasteiger partial charge >= 0.3 is 0 Å². The van der Waals surface area contributed by atoms with Gasteiger partial charge in [0.2, 0.25) is 5.82 Å². The first-order chi connectivity index (χ1) is 7.77. The van der Waals surface area contributed by atoms with E-state index in [-0.39, 0.29) is 5.82 Å². The van der Waals surface area contributed by atoms with Gasteiger partial charge in [0.25, 0.3) is 0 Å². The van der Waals surface area contributed by atoms with Gasteiger partial charge in [0.05, 0.1) is 16.3 Å². The normalized spacial score (nSPS) is 9.44. The summed E-state index contributed by atoms with van der Waals surface area (Å²) in [6.45, 7) is 0. The van der Waals surface area contributed by atoms with Crippen LogP contribution < -0.4 is 0 Å². The minimum atomic E-state index is 0.221. The fraction of sp³-hybridized carbons (Fsp3) is 0. The molecule has 0 saturated carbocycles. The van der Waals surface area contributed by atoms with Crippen molar-refractivity contribution in [3.05, 3.63) is 47.0 Å². The van der Waals surface area contributed by atoms with E-state index in [1.165, 1.54) is 10.8 Å². The highest BCUT2D eigenvalue weighted by molar-refractivity contribution is 6.32. The Bertz CT molecular complexity index is 616. The fourth-order valence-electron chi connectivity index (χ4n) is 1.40. The largest absolute Gasteiger partial charge is 0.290 e. The van der Waals surface area contributed by atoms with E-state index in [9.17, 15) is 0 Å². The molecular formula is C11H5ClN4. The average molecular weight is 229 g/mol. The van der Waals surface area contributed by atoms with Gasteiger partial charge in [-0.3, -0.25) is 4.57 Å². The summed E-state index contributed by atoms with van der Waals surface area (Å²) in [5, 5.41) is 18.2. The van der Waals surface area contributed by atoms with Gasteiger partial charge < -0.3 is 0 Å². The van der Waals surface area contributed by atoms with Crippen molar-refractivity contribution >= 4 is 11.6 Å². The summed E-state index contributed by atoms with van der Waals surface area (Å²) in [6.07, 6.45) is 3.12. The fourth-order valence-corrected chi connectivity index (χ4v) is 1.62. The first-order valence-corrected chi connectivity index (χ1v) is 4.78. The number of imidazole rings is 1. The van der Waals surface area contributed by atoms with Crippen molar-refractivity contribution in [2.24, 2.45) is 0 Å². The van der Waals surface area contributed by atoms with E-state index in [1.807, 2.05) is 12.1 Å². The van der Waals surface area contributed by atoms with Crippen LogP contribution in [0.4, 0.5) is 0 Å². The molecular weight excluding hydrogens is 224 g/mol. The number of hydrogen-bond donors (Lipinski definition) is 0. The number of nitrogens with zero attached hydrogens (tertiary/aromatic N) is 4. The minimum Gasteiger partial charge on any atom is -0.290 e. The maximum atomic E-state index is 9.01. The van der Waals surface area contributed by atoms with Crippen LogP contribution in [0, 0.1) is 22.7 Å². The van der Waals surface area contributed by atoms with Crippen LogP contribution in [0.2, 0.25) is 5.02 Å². The van der Waals surface area contributed by atoms with Gasteiger partial charge in [-0.2, -0.15) is 10.5 Å². The van der Waals surface area contributed by atoms with E-state index in [1.54, 1.807) is 24.4 Å². The first-order valence-electron chi connectivity index (χ1n) is 4.40. The van der Waals surface area contributed by atoms with Crippen LogP contribution in [0.25, 0.3) is 5.69 Å². The average Bonchev–Trinajstić information content (AvgIpc) is 2.76. The smallest absolute Gasteiger partial charge is 0.217 e. The molecule has 0 unspecified atom stereocenters. The summed E-state index contributed by atoms with van der Waals surface area (Å²) >= 11 is 5.90. The molecule has 5 heteroatoms. The van der Waals surface area contributed by atoms with E-state index in [0.717, 1.165) is 0 Å². The zero-order valence-corrected chi connectivity index (χ0v) is 8.81. The van der Waals surface area contributed by atoms with Crippen molar-refractivity contribution < 1.29 is 0 Å². The van der Waals surface area contributed by atoms with Crippen molar-refractivity contribution in [2.45, 2.75) is 0 Å². The van der Waals surface area contributed by atoms with E-state index in [4.69, 9.17) is 22.1 Å². The van der Waals surface area contributed by atoms with Crippen LogP contribution >= 0.6 is 11.6 Å². The quantitative estimate of drug-likeness (QED) is 0.752. The third kappa shape index (κ3) is 1.52. The zero-order valence-electron chi connectivity index (χ0n) is 8.05. The molecule has 0 bridgehead atoms. The number of halogens is 1. The van der Waals surface area contributed by atoms with Crippen molar-refractivity contribution in [3.8, 4) is 17.8 Å². The summed E-state index contributed by atoms with van der Waals surface area (Å²) in [6, 6.07) is 9.03. The van der Waals surface area contributed by atoms with Crippen molar-refractivity contribution in [1.82, 2.24) is 9.55 Å². The lowest BCUT2D eigenvalue weighted by Crippen LogP contribution is -1.99. The molecule has 0 radical (unpaired) electrons. The lowest BCUT2D eigenvalue weighted by molar-refractivity contribution is 1.02. The monoisotopic (exact) mass is 228 g/mol. The number of hydrogen-bond acceptors (Lipinski definition) is 3. The number of rotatable bonds is 1. The van der Waals surface area contributed by atoms with E-state index in [0.29, 0.717) is 16.3 Å². The van der Waals surface area contributed by atoms with Crippen molar-refractivity contribution in [2.75, 3.05) is 0 Å². The third-order valence-electron chi connectivity index (χ3n) is 2.10. The van der Waals surface area contributed by atoms with Gasteiger partial charge in [-0.05, 0) is 12.1 Å². The molecule has 0 aliphatic heterocycles. The highest BCUT2D eigenvalue weighted by atomic mass is 35.5. The van der Waals surface area contributed by atoms with Crippen LogP contribution in [0.15, 0.2) is 30.6 Å². The molecule has 2 aromatic rings. The molecule has 0 amide bonds. The third-order valence-corrected chi connectivity index (χ3v) is 2.42. The Morgan fingerprint density at radius 1 is 1.25 bits per heavy atom. The van der Waals surface area contributed by atoms with Crippen LogP contribution in [0.5, 0.6) is 0 Å². The predicted molar refractivity (Wildman–Crippen MR) is 58.0 cm³/mol. The molecule has 16 heavy (non-hydrogen) atoms. The maximum absolute atomic E-state index is 9.01. The maximum Gasteiger partial charge on any atom is 0.217 e. The summed E-state index contributed by atoms with van der Waals surface area (Å²) in [5.74, 6) is 0.221. The molecule has 1 heterocycles. The standard InChI is InChI=1S/C11H5ClN4/c12-9-2-1-3-10(8(9)6-13)16-5-4-15-11(16)7-14/h1-5H. The minimum absolute atomic E-state index is 0.221. The summed E-state index contributed by atoms with van der Waals surface area (Å²) < 4.78 is 1.53. The van der Waals surface area contributed by atoms with Crippen LogP contribution in [-0.4, -0.2) is 9.55 Å². The van der Waals surface area contributed by atoms with E-state index < -0.39 is 0 Å². The number of aromatic nitrogens is 2. The van der Waals surface area contributed by atoms with Crippen LogP contribution in [-0.2, 0) is 0 Å². The summed E-state index contributed by atoms with van der Waals surface area (Å²) in [7, 11) is 0. The molecule has 0 aliphatic rings. The predicted octanol–water partition coefficient (Wildman–Crippen LogP) is 2.27. The molecule has 0 fully saturated rings. The van der Waals surface area contributed by atoms with Crippen molar-refractivity contribution in [1.29, 1.82) is 10.5 Å². The van der Waals surface area contributed by atoms with Gasteiger partial charge in [-0.25, -0.2) is 4.98 Å². The summed E-state index contributed by atoms with van der Waals surface area (Å²) in [4.78, 5) is 3.87. The lowest BCUT2D eigenvalue weighted by Gasteiger charge is -2.06. The Morgan fingerprint density at radius 2 is 2.06 bits per heavy atom. The Kier molecular flexibility index (Phi) is 2.59. The molecule has 0 atom stereocenters. The molecule has 76 valence electrons. The molecule has 0 spiro atoms. The molecule has 0 saturated heterocycles. The molecule has 1 aromatic carbocycles. The molecule has 2 rings (SSSR count). The Balaban J connectivity index is 2.72. The Hall–Kier alpha value is -2.30. The van der Waals surface area contributed by atoms with Crippen LogP contribution in [0.1, 0.15) is 11.4 Å². The molecule has 4 nitrogen and oxygen atoms in total. The zero-order chi connectivity index (χ0) is 11.5.